The largest absolute Gasteiger partial charge is 0.469 e. The van der Waals surface area contributed by atoms with E-state index in [-0.39, 0.29) is 12.0 Å². The zero-order valence-electron chi connectivity index (χ0n) is 8.53. The van der Waals surface area contributed by atoms with E-state index >= 15 is 0 Å². The van der Waals surface area contributed by atoms with Gasteiger partial charge in [0.2, 0.25) is 0 Å². The van der Waals surface area contributed by atoms with Crippen molar-refractivity contribution in [1.82, 2.24) is 4.90 Å². The second-order valence-electron chi connectivity index (χ2n) is 3.50. The van der Waals surface area contributed by atoms with Crippen LogP contribution in [0.15, 0.2) is 0 Å². The summed E-state index contributed by atoms with van der Waals surface area (Å²) in [5, 5.41) is 8.81. The summed E-state index contributed by atoms with van der Waals surface area (Å²) >= 11 is 0. The Morgan fingerprint density at radius 3 is 3.14 bits per heavy atom. The standard InChI is InChI=1S/C10H16N2O2/c1-14-10(13)5-3-7-12-6-2-4-9(12)8-11/h9H,2-7H2,1H3. The average Bonchev–Trinajstić information content (AvgIpc) is 2.65. The lowest BCUT2D eigenvalue weighted by molar-refractivity contribution is -0.140. The van der Waals surface area contributed by atoms with Gasteiger partial charge in [0.25, 0.3) is 0 Å². The molecule has 0 spiro atoms. The first-order chi connectivity index (χ1) is 6.77. The molecule has 78 valence electrons. The van der Waals surface area contributed by atoms with Crippen molar-refractivity contribution in [3.8, 4) is 6.07 Å². The zero-order chi connectivity index (χ0) is 10.4. The van der Waals surface area contributed by atoms with Crippen LogP contribution in [0.3, 0.4) is 0 Å². The summed E-state index contributed by atoms with van der Waals surface area (Å²) in [6.45, 7) is 1.81. The number of hydrogen-bond donors (Lipinski definition) is 0. The third kappa shape index (κ3) is 3.00. The van der Waals surface area contributed by atoms with E-state index in [2.05, 4.69) is 15.7 Å². The Hall–Kier alpha value is -1.08. The Labute approximate surface area is 84.4 Å². The van der Waals surface area contributed by atoms with Gasteiger partial charge in [-0.05, 0) is 32.4 Å². The van der Waals surface area contributed by atoms with Crippen LogP contribution in [-0.4, -0.2) is 37.1 Å². The molecule has 1 atom stereocenters. The van der Waals surface area contributed by atoms with Crippen LogP contribution < -0.4 is 0 Å². The van der Waals surface area contributed by atoms with Crippen molar-refractivity contribution in [2.75, 3.05) is 20.2 Å². The number of esters is 1. The van der Waals surface area contributed by atoms with Crippen molar-refractivity contribution in [2.45, 2.75) is 31.7 Å². The molecule has 0 saturated carbocycles. The summed E-state index contributed by atoms with van der Waals surface area (Å²) in [5.74, 6) is -0.169. The fraction of sp³-hybridized carbons (Fsp3) is 0.800. The van der Waals surface area contributed by atoms with E-state index in [1.54, 1.807) is 0 Å². The monoisotopic (exact) mass is 196 g/mol. The van der Waals surface area contributed by atoms with Gasteiger partial charge in [-0.2, -0.15) is 5.26 Å². The number of nitriles is 1. The summed E-state index contributed by atoms with van der Waals surface area (Å²) < 4.78 is 4.55. The van der Waals surface area contributed by atoms with Gasteiger partial charge in [-0.25, -0.2) is 0 Å². The number of nitrogens with zero attached hydrogens (tertiary/aromatic N) is 2. The van der Waals surface area contributed by atoms with E-state index in [4.69, 9.17) is 5.26 Å². The van der Waals surface area contributed by atoms with Gasteiger partial charge < -0.3 is 4.74 Å². The molecule has 0 aromatic heterocycles. The van der Waals surface area contributed by atoms with Gasteiger partial charge in [0.15, 0.2) is 0 Å². The summed E-state index contributed by atoms with van der Waals surface area (Å²) in [5.41, 5.74) is 0. The van der Waals surface area contributed by atoms with Crippen LogP contribution in [0, 0.1) is 11.3 Å². The van der Waals surface area contributed by atoms with Crippen molar-refractivity contribution in [1.29, 1.82) is 5.26 Å². The molecule has 0 aromatic rings. The van der Waals surface area contributed by atoms with Crippen LogP contribution >= 0.6 is 0 Å². The predicted octanol–water partition coefficient (Wildman–Crippen LogP) is 0.928. The van der Waals surface area contributed by atoms with E-state index in [0.29, 0.717) is 6.42 Å². The van der Waals surface area contributed by atoms with Crippen molar-refractivity contribution in [2.24, 2.45) is 0 Å². The molecule has 1 heterocycles. The van der Waals surface area contributed by atoms with Crippen molar-refractivity contribution in [3.05, 3.63) is 0 Å². The zero-order valence-corrected chi connectivity index (χ0v) is 8.53. The molecular weight excluding hydrogens is 180 g/mol. The summed E-state index contributed by atoms with van der Waals surface area (Å²) in [7, 11) is 1.40. The lowest BCUT2D eigenvalue weighted by Crippen LogP contribution is -2.29. The molecule has 1 aliphatic rings. The van der Waals surface area contributed by atoms with Gasteiger partial charge in [-0.1, -0.05) is 0 Å². The van der Waals surface area contributed by atoms with Crippen LogP contribution in [0.25, 0.3) is 0 Å². The first kappa shape index (κ1) is 11.0. The molecule has 4 heteroatoms. The Morgan fingerprint density at radius 1 is 1.71 bits per heavy atom. The molecule has 1 saturated heterocycles. The third-order valence-electron chi connectivity index (χ3n) is 2.57. The van der Waals surface area contributed by atoms with E-state index in [9.17, 15) is 4.79 Å². The molecular formula is C10H16N2O2. The second kappa shape index (κ2) is 5.61. The quantitative estimate of drug-likeness (QED) is 0.627. The number of rotatable bonds is 4. The molecule has 0 amide bonds. The maximum absolute atomic E-state index is 10.8. The maximum Gasteiger partial charge on any atom is 0.305 e. The van der Waals surface area contributed by atoms with E-state index in [0.717, 1.165) is 32.4 Å². The number of ether oxygens (including phenoxy) is 1. The van der Waals surface area contributed by atoms with E-state index in [1.165, 1.54) is 7.11 Å². The highest BCUT2D eigenvalue weighted by atomic mass is 16.5. The summed E-state index contributed by atoms with van der Waals surface area (Å²) in [6, 6.07) is 2.34. The molecule has 1 fully saturated rings. The topological polar surface area (TPSA) is 53.3 Å². The van der Waals surface area contributed by atoms with Gasteiger partial charge in [-0.15, -0.1) is 0 Å². The smallest absolute Gasteiger partial charge is 0.305 e. The SMILES string of the molecule is COC(=O)CCCN1CCCC1C#N. The normalized spacial score (nSPS) is 21.9. The highest BCUT2D eigenvalue weighted by Gasteiger charge is 2.23. The highest BCUT2D eigenvalue weighted by Crippen LogP contribution is 2.16. The summed E-state index contributed by atoms with van der Waals surface area (Å²) in [6.07, 6.45) is 3.29. The van der Waals surface area contributed by atoms with Crippen LogP contribution in [0.2, 0.25) is 0 Å². The maximum atomic E-state index is 10.8. The first-order valence-corrected chi connectivity index (χ1v) is 4.98. The second-order valence-corrected chi connectivity index (χ2v) is 3.50. The van der Waals surface area contributed by atoms with Crippen molar-refractivity contribution >= 4 is 5.97 Å². The Kier molecular flexibility index (Phi) is 4.41. The Bertz CT molecular complexity index is 235. The molecule has 0 bridgehead atoms. The Balaban J connectivity index is 2.18. The van der Waals surface area contributed by atoms with Crippen LogP contribution in [0.4, 0.5) is 0 Å². The molecule has 0 N–H and O–H groups in total. The molecule has 14 heavy (non-hydrogen) atoms. The minimum atomic E-state index is -0.169. The third-order valence-corrected chi connectivity index (χ3v) is 2.57. The van der Waals surface area contributed by atoms with Crippen molar-refractivity contribution < 1.29 is 9.53 Å². The lowest BCUT2D eigenvalue weighted by atomic mass is 10.2. The first-order valence-electron chi connectivity index (χ1n) is 4.98. The molecule has 0 aromatic carbocycles. The van der Waals surface area contributed by atoms with Gasteiger partial charge in [0.05, 0.1) is 19.2 Å². The molecule has 4 nitrogen and oxygen atoms in total. The molecule has 0 radical (unpaired) electrons. The number of likely N-dealkylation sites (tertiary alicyclic amines) is 1. The lowest BCUT2D eigenvalue weighted by Gasteiger charge is -2.17. The average molecular weight is 196 g/mol. The van der Waals surface area contributed by atoms with E-state index < -0.39 is 0 Å². The number of hydrogen-bond acceptors (Lipinski definition) is 4. The molecule has 1 aliphatic heterocycles. The van der Waals surface area contributed by atoms with Crippen molar-refractivity contribution in [3.63, 3.8) is 0 Å². The van der Waals surface area contributed by atoms with Crippen LogP contribution in [0.1, 0.15) is 25.7 Å². The fourth-order valence-corrected chi connectivity index (χ4v) is 1.77. The predicted molar refractivity (Wildman–Crippen MR) is 51.5 cm³/mol. The summed E-state index contributed by atoms with van der Waals surface area (Å²) in [4.78, 5) is 13.0. The van der Waals surface area contributed by atoms with Gasteiger partial charge in [0, 0.05) is 6.42 Å². The van der Waals surface area contributed by atoms with Gasteiger partial charge in [-0.3, -0.25) is 9.69 Å². The van der Waals surface area contributed by atoms with Crippen LogP contribution in [0.5, 0.6) is 0 Å². The number of carbonyl (C=O) groups excluding carboxylic acids is 1. The fourth-order valence-electron chi connectivity index (χ4n) is 1.77. The Morgan fingerprint density at radius 2 is 2.50 bits per heavy atom. The van der Waals surface area contributed by atoms with E-state index in [1.807, 2.05) is 0 Å². The minimum absolute atomic E-state index is 0.0626. The van der Waals surface area contributed by atoms with Gasteiger partial charge >= 0.3 is 5.97 Å². The minimum Gasteiger partial charge on any atom is -0.469 e. The van der Waals surface area contributed by atoms with Gasteiger partial charge in [0.1, 0.15) is 0 Å². The number of carbonyl (C=O) groups is 1. The molecule has 1 rings (SSSR count). The highest BCUT2D eigenvalue weighted by molar-refractivity contribution is 5.69. The number of methoxy groups -OCH3 is 1. The molecule has 1 unspecified atom stereocenters. The molecule has 0 aliphatic carbocycles. The van der Waals surface area contributed by atoms with Crippen LogP contribution in [-0.2, 0) is 9.53 Å².